The highest BCUT2D eigenvalue weighted by molar-refractivity contribution is 6.43. The number of halogens is 2. The number of fused-ring (bicyclic) bond motifs is 2. The van der Waals surface area contributed by atoms with Crippen molar-refractivity contribution in [3.8, 4) is 0 Å². The van der Waals surface area contributed by atoms with Gasteiger partial charge in [0.1, 0.15) is 6.04 Å². The van der Waals surface area contributed by atoms with E-state index < -0.39 is 23.8 Å². The van der Waals surface area contributed by atoms with Crippen LogP contribution in [0.2, 0.25) is 10.0 Å². The summed E-state index contributed by atoms with van der Waals surface area (Å²) in [4.78, 5) is 41.2. The molecule has 0 fully saturated rings. The van der Waals surface area contributed by atoms with E-state index in [1.54, 1.807) is 6.20 Å². The molecule has 0 bridgehead atoms. The molecule has 0 aliphatic carbocycles. The first kappa shape index (κ1) is 17.6. The molecule has 0 unspecified atom stereocenters. The maximum atomic E-state index is 12.7. The van der Waals surface area contributed by atoms with E-state index in [2.05, 4.69) is 4.98 Å². The molecular formula is C19H12Cl2N2O4. The highest BCUT2D eigenvalue weighted by Gasteiger charge is 2.43. The van der Waals surface area contributed by atoms with Gasteiger partial charge in [0.2, 0.25) is 0 Å². The van der Waals surface area contributed by atoms with Crippen LogP contribution in [0.3, 0.4) is 0 Å². The Kier molecular flexibility index (Phi) is 4.17. The van der Waals surface area contributed by atoms with Crippen LogP contribution in [-0.2, 0) is 11.2 Å². The van der Waals surface area contributed by atoms with Gasteiger partial charge >= 0.3 is 5.97 Å². The number of rotatable bonds is 4. The highest BCUT2D eigenvalue weighted by atomic mass is 35.5. The number of nitrogens with one attached hydrogen (secondary N) is 1. The molecule has 27 heavy (non-hydrogen) atoms. The minimum absolute atomic E-state index is 0.0215. The molecule has 2 amide bonds. The number of aromatic nitrogens is 1. The zero-order valence-electron chi connectivity index (χ0n) is 13.7. The van der Waals surface area contributed by atoms with Crippen LogP contribution in [-0.4, -0.2) is 38.8 Å². The van der Waals surface area contributed by atoms with Crippen molar-refractivity contribution >= 4 is 51.9 Å². The van der Waals surface area contributed by atoms with Gasteiger partial charge in [-0.3, -0.25) is 14.5 Å². The molecule has 1 aliphatic rings. The van der Waals surface area contributed by atoms with E-state index in [9.17, 15) is 19.5 Å². The Labute approximate surface area is 163 Å². The molecule has 1 aromatic heterocycles. The number of hydrogen-bond acceptors (Lipinski definition) is 3. The molecule has 3 aromatic rings. The number of carbonyl (C=O) groups is 3. The summed E-state index contributed by atoms with van der Waals surface area (Å²) in [5.41, 5.74) is 1.65. The number of H-pyrrole nitrogens is 1. The van der Waals surface area contributed by atoms with Crippen LogP contribution in [0.25, 0.3) is 10.9 Å². The normalized spacial score (nSPS) is 14.7. The topological polar surface area (TPSA) is 90.5 Å². The van der Waals surface area contributed by atoms with E-state index in [4.69, 9.17) is 23.2 Å². The number of nitrogens with zero attached hydrogens (tertiary/aromatic N) is 1. The SMILES string of the molecule is O=C(O)[C@H](Cc1c[nH]c2ccccc12)N1C(=O)c2cc(Cl)c(Cl)cc2C1=O. The van der Waals surface area contributed by atoms with Crippen LogP contribution in [0.15, 0.2) is 42.6 Å². The molecule has 1 aliphatic heterocycles. The Hall–Kier alpha value is -2.83. The minimum Gasteiger partial charge on any atom is -0.480 e. The van der Waals surface area contributed by atoms with Gasteiger partial charge in [-0.05, 0) is 23.8 Å². The van der Waals surface area contributed by atoms with Gasteiger partial charge in [-0.2, -0.15) is 0 Å². The van der Waals surface area contributed by atoms with Crippen molar-refractivity contribution in [1.29, 1.82) is 0 Å². The third-order valence-corrected chi connectivity index (χ3v) is 5.37. The lowest BCUT2D eigenvalue weighted by Gasteiger charge is -2.22. The predicted molar refractivity (Wildman–Crippen MR) is 100 cm³/mol. The first-order valence-corrected chi connectivity index (χ1v) is 8.79. The maximum absolute atomic E-state index is 12.7. The zero-order valence-corrected chi connectivity index (χ0v) is 15.2. The third kappa shape index (κ3) is 2.78. The lowest BCUT2D eigenvalue weighted by molar-refractivity contribution is -0.141. The molecule has 0 spiro atoms. The average Bonchev–Trinajstić information content (AvgIpc) is 3.14. The van der Waals surface area contributed by atoms with Crippen LogP contribution in [0.4, 0.5) is 0 Å². The maximum Gasteiger partial charge on any atom is 0.327 e. The molecule has 0 saturated heterocycles. The third-order valence-electron chi connectivity index (χ3n) is 4.64. The van der Waals surface area contributed by atoms with Gasteiger partial charge in [0.15, 0.2) is 0 Å². The van der Waals surface area contributed by atoms with E-state index >= 15 is 0 Å². The Morgan fingerprint density at radius 3 is 2.26 bits per heavy atom. The molecule has 4 rings (SSSR count). The van der Waals surface area contributed by atoms with Gasteiger partial charge < -0.3 is 10.1 Å². The molecule has 136 valence electrons. The summed E-state index contributed by atoms with van der Waals surface area (Å²) in [5, 5.41) is 10.8. The fraction of sp³-hybridized carbons (Fsp3) is 0.105. The number of para-hydroxylation sites is 1. The second-order valence-electron chi connectivity index (χ2n) is 6.21. The van der Waals surface area contributed by atoms with Gasteiger partial charge in [0.05, 0.1) is 21.2 Å². The number of hydrogen-bond donors (Lipinski definition) is 2. The van der Waals surface area contributed by atoms with Crippen molar-refractivity contribution in [2.45, 2.75) is 12.5 Å². The van der Waals surface area contributed by atoms with Crippen molar-refractivity contribution < 1.29 is 19.5 Å². The number of amides is 2. The largest absolute Gasteiger partial charge is 0.480 e. The number of aliphatic carboxylic acids is 1. The lowest BCUT2D eigenvalue weighted by atomic mass is 10.0. The highest BCUT2D eigenvalue weighted by Crippen LogP contribution is 2.33. The Morgan fingerprint density at radius 1 is 1.07 bits per heavy atom. The van der Waals surface area contributed by atoms with E-state index in [-0.39, 0.29) is 27.6 Å². The van der Waals surface area contributed by atoms with Crippen molar-refractivity contribution in [2.75, 3.05) is 0 Å². The summed E-state index contributed by atoms with van der Waals surface area (Å²) in [7, 11) is 0. The fourth-order valence-electron chi connectivity index (χ4n) is 3.33. The van der Waals surface area contributed by atoms with E-state index in [1.165, 1.54) is 12.1 Å². The van der Waals surface area contributed by atoms with Crippen molar-refractivity contribution in [3.63, 3.8) is 0 Å². The van der Waals surface area contributed by atoms with Gasteiger partial charge in [0.25, 0.3) is 11.8 Å². The van der Waals surface area contributed by atoms with Crippen molar-refractivity contribution in [3.05, 3.63) is 69.3 Å². The van der Waals surface area contributed by atoms with Gasteiger partial charge in [-0.1, -0.05) is 41.4 Å². The Bertz CT molecular complexity index is 1080. The number of aromatic amines is 1. The number of carboxylic acid groups (broad SMARTS) is 1. The van der Waals surface area contributed by atoms with Crippen LogP contribution in [0.1, 0.15) is 26.3 Å². The fourth-order valence-corrected chi connectivity index (χ4v) is 3.66. The number of imide groups is 1. The van der Waals surface area contributed by atoms with Crippen molar-refractivity contribution in [2.24, 2.45) is 0 Å². The number of benzene rings is 2. The van der Waals surface area contributed by atoms with Crippen LogP contribution in [0.5, 0.6) is 0 Å². The molecule has 0 saturated carbocycles. The molecule has 2 heterocycles. The second-order valence-corrected chi connectivity index (χ2v) is 7.02. The Morgan fingerprint density at radius 2 is 1.67 bits per heavy atom. The number of carbonyl (C=O) groups excluding carboxylic acids is 2. The molecule has 2 aromatic carbocycles. The zero-order chi connectivity index (χ0) is 19.3. The molecule has 1 atom stereocenters. The van der Waals surface area contributed by atoms with E-state index in [0.29, 0.717) is 5.56 Å². The summed E-state index contributed by atoms with van der Waals surface area (Å²) >= 11 is 11.9. The van der Waals surface area contributed by atoms with E-state index in [1.807, 2.05) is 24.3 Å². The van der Waals surface area contributed by atoms with E-state index in [0.717, 1.165) is 15.8 Å². The quantitative estimate of drug-likeness (QED) is 0.649. The second kappa shape index (κ2) is 6.40. The summed E-state index contributed by atoms with van der Waals surface area (Å²) in [6, 6.07) is 8.64. The Balaban J connectivity index is 1.74. The first-order valence-electron chi connectivity index (χ1n) is 8.03. The summed E-state index contributed by atoms with van der Waals surface area (Å²) < 4.78 is 0. The summed E-state index contributed by atoms with van der Waals surface area (Å²) in [6.45, 7) is 0. The minimum atomic E-state index is -1.35. The molecule has 8 heteroatoms. The van der Waals surface area contributed by atoms with Gasteiger partial charge in [0, 0.05) is 23.5 Å². The van der Waals surface area contributed by atoms with Crippen LogP contribution >= 0.6 is 23.2 Å². The standard InChI is InChI=1S/C19H12Cl2N2O4/c20-13-6-11-12(7-14(13)21)18(25)23(17(11)24)16(19(26)27)5-9-8-22-15-4-2-1-3-10(9)15/h1-4,6-8,16,22H,5H2,(H,26,27)/t16-/m0/s1. The predicted octanol–water partition coefficient (Wildman–Crippen LogP) is 3.77. The lowest BCUT2D eigenvalue weighted by Crippen LogP contribution is -2.46. The molecule has 2 N–H and O–H groups in total. The van der Waals surface area contributed by atoms with Crippen molar-refractivity contribution in [1.82, 2.24) is 9.88 Å². The monoisotopic (exact) mass is 402 g/mol. The van der Waals surface area contributed by atoms with Crippen LogP contribution < -0.4 is 0 Å². The van der Waals surface area contributed by atoms with Crippen LogP contribution in [0, 0.1) is 0 Å². The molecule has 0 radical (unpaired) electrons. The molecular weight excluding hydrogens is 391 g/mol. The molecule has 6 nitrogen and oxygen atoms in total. The first-order chi connectivity index (χ1) is 12.9. The van der Waals surface area contributed by atoms with Gasteiger partial charge in [-0.25, -0.2) is 4.79 Å². The smallest absolute Gasteiger partial charge is 0.327 e. The summed E-state index contributed by atoms with van der Waals surface area (Å²) in [5.74, 6) is -2.66. The number of carboxylic acids is 1. The summed E-state index contributed by atoms with van der Waals surface area (Å²) in [6.07, 6.45) is 1.67. The van der Waals surface area contributed by atoms with Gasteiger partial charge in [-0.15, -0.1) is 0 Å². The average molecular weight is 403 g/mol.